The molecule has 0 atom stereocenters. The van der Waals surface area contributed by atoms with Gasteiger partial charge in [-0.25, -0.2) is 0 Å². The Balaban J connectivity index is 1.93. The quantitative estimate of drug-likeness (QED) is 0.647. The zero-order valence-electron chi connectivity index (χ0n) is 7.97. The lowest BCUT2D eigenvalue weighted by atomic mass is 10.4. The van der Waals surface area contributed by atoms with Gasteiger partial charge in [0.05, 0.1) is 38.2 Å². The van der Waals surface area contributed by atoms with Gasteiger partial charge >= 0.3 is 0 Å². The fourth-order valence-corrected chi connectivity index (χ4v) is 1.26. The fraction of sp³-hybridized carbons (Fsp3) is 0.400. The van der Waals surface area contributed by atoms with Crippen LogP contribution in [0.4, 0.5) is 0 Å². The molecule has 1 aromatic rings. The molecule has 0 radical (unpaired) electrons. The van der Waals surface area contributed by atoms with E-state index < -0.39 is 0 Å². The summed E-state index contributed by atoms with van der Waals surface area (Å²) in [6.45, 7) is 3.26. The average molecular weight is 191 g/mol. The summed E-state index contributed by atoms with van der Waals surface area (Å²) in [5, 5.41) is 6.32. The maximum atomic E-state index is 5.22. The molecule has 1 aliphatic heterocycles. The van der Waals surface area contributed by atoms with E-state index in [2.05, 4.69) is 10.1 Å². The predicted octanol–water partition coefficient (Wildman–Crippen LogP) is 0.748. The van der Waals surface area contributed by atoms with E-state index in [1.54, 1.807) is 12.4 Å². The maximum Gasteiger partial charge on any atom is 0.0830 e. The summed E-state index contributed by atoms with van der Waals surface area (Å²) in [5.74, 6) is 0. The molecule has 0 aromatic carbocycles. The molecule has 1 aromatic heterocycles. The predicted molar refractivity (Wildman–Crippen MR) is 54.2 cm³/mol. The van der Waals surface area contributed by atoms with Crippen molar-refractivity contribution >= 4 is 6.21 Å². The molecule has 14 heavy (non-hydrogen) atoms. The molecule has 0 saturated carbocycles. The van der Waals surface area contributed by atoms with Gasteiger partial charge in [-0.3, -0.25) is 9.99 Å². The van der Waals surface area contributed by atoms with Crippen LogP contribution in [0.2, 0.25) is 0 Å². The molecule has 1 fully saturated rings. The van der Waals surface area contributed by atoms with Gasteiger partial charge in [0.2, 0.25) is 0 Å². The molecule has 0 aliphatic carbocycles. The van der Waals surface area contributed by atoms with Gasteiger partial charge < -0.3 is 4.74 Å². The van der Waals surface area contributed by atoms with Crippen molar-refractivity contribution in [3.63, 3.8) is 0 Å². The molecule has 0 N–H and O–H groups in total. The molecule has 0 spiro atoms. The number of ether oxygens (including phenoxy) is 1. The number of pyridine rings is 1. The van der Waals surface area contributed by atoms with Crippen molar-refractivity contribution in [1.82, 2.24) is 9.99 Å². The Morgan fingerprint density at radius 1 is 1.36 bits per heavy atom. The lowest BCUT2D eigenvalue weighted by Crippen LogP contribution is -2.32. The largest absolute Gasteiger partial charge is 0.378 e. The lowest BCUT2D eigenvalue weighted by Gasteiger charge is -2.23. The van der Waals surface area contributed by atoms with Crippen molar-refractivity contribution in [3.05, 3.63) is 30.1 Å². The van der Waals surface area contributed by atoms with Crippen LogP contribution in [-0.2, 0) is 4.74 Å². The second kappa shape index (κ2) is 4.72. The smallest absolute Gasteiger partial charge is 0.0830 e. The van der Waals surface area contributed by atoms with Gasteiger partial charge in [-0.2, -0.15) is 5.10 Å². The Hall–Kier alpha value is -1.42. The Kier molecular flexibility index (Phi) is 3.08. The molecule has 0 bridgehead atoms. The summed E-state index contributed by atoms with van der Waals surface area (Å²) in [6.07, 6.45) is 3.55. The van der Waals surface area contributed by atoms with Gasteiger partial charge in [-0.05, 0) is 12.1 Å². The molecule has 4 heteroatoms. The minimum Gasteiger partial charge on any atom is -0.378 e. The summed E-state index contributed by atoms with van der Waals surface area (Å²) in [5.41, 5.74) is 0.888. The number of morpholine rings is 1. The summed E-state index contributed by atoms with van der Waals surface area (Å²) < 4.78 is 5.22. The SMILES string of the molecule is C(=N\N1CCOCC1)/c1ccccn1. The van der Waals surface area contributed by atoms with E-state index in [0.29, 0.717) is 0 Å². The topological polar surface area (TPSA) is 37.7 Å². The number of hydrazone groups is 1. The molecule has 0 unspecified atom stereocenters. The minimum atomic E-state index is 0.763. The van der Waals surface area contributed by atoms with Crippen LogP contribution in [0.5, 0.6) is 0 Å². The fourth-order valence-electron chi connectivity index (χ4n) is 1.26. The highest BCUT2D eigenvalue weighted by Gasteiger charge is 2.05. The third-order valence-corrected chi connectivity index (χ3v) is 2.03. The number of aromatic nitrogens is 1. The highest BCUT2D eigenvalue weighted by molar-refractivity contribution is 5.76. The van der Waals surface area contributed by atoms with Gasteiger partial charge in [-0.15, -0.1) is 0 Å². The molecule has 74 valence electrons. The zero-order chi connectivity index (χ0) is 9.64. The highest BCUT2D eigenvalue weighted by atomic mass is 16.5. The van der Waals surface area contributed by atoms with Gasteiger partial charge in [0.1, 0.15) is 0 Å². The van der Waals surface area contributed by atoms with E-state index in [9.17, 15) is 0 Å². The second-order valence-electron chi connectivity index (χ2n) is 3.07. The zero-order valence-corrected chi connectivity index (χ0v) is 7.97. The summed E-state index contributed by atoms with van der Waals surface area (Å²) in [4.78, 5) is 4.16. The summed E-state index contributed by atoms with van der Waals surface area (Å²) in [7, 11) is 0. The minimum absolute atomic E-state index is 0.763. The number of hydrogen-bond acceptors (Lipinski definition) is 4. The van der Waals surface area contributed by atoms with E-state index in [4.69, 9.17) is 4.74 Å². The maximum absolute atomic E-state index is 5.22. The van der Waals surface area contributed by atoms with Crippen LogP contribution in [-0.4, -0.2) is 42.5 Å². The molecule has 2 rings (SSSR count). The van der Waals surface area contributed by atoms with E-state index >= 15 is 0 Å². The first-order chi connectivity index (χ1) is 6.95. The van der Waals surface area contributed by atoms with Crippen molar-refractivity contribution in [2.24, 2.45) is 5.10 Å². The van der Waals surface area contributed by atoms with Crippen LogP contribution >= 0.6 is 0 Å². The van der Waals surface area contributed by atoms with E-state index in [-0.39, 0.29) is 0 Å². The standard InChI is InChI=1S/C10H13N3O/c1-2-4-11-10(3-1)9-12-13-5-7-14-8-6-13/h1-4,9H,5-8H2/b12-9+. The number of rotatable bonds is 2. The van der Waals surface area contributed by atoms with Crippen LogP contribution in [0.25, 0.3) is 0 Å². The lowest BCUT2D eigenvalue weighted by molar-refractivity contribution is 0.0396. The molecular formula is C10H13N3O. The van der Waals surface area contributed by atoms with Crippen molar-refractivity contribution in [3.8, 4) is 0 Å². The van der Waals surface area contributed by atoms with E-state index in [0.717, 1.165) is 32.0 Å². The first-order valence-corrected chi connectivity index (χ1v) is 4.73. The number of hydrogen-bond donors (Lipinski definition) is 0. The summed E-state index contributed by atoms with van der Waals surface area (Å²) in [6, 6.07) is 5.78. The second-order valence-corrected chi connectivity index (χ2v) is 3.07. The van der Waals surface area contributed by atoms with Crippen LogP contribution in [0, 0.1) is 0 Å². The van der Waals surface area contributed by atoms with Crippen LogP contribution in [0.15, 0.2) is 29.5 Å². The number of nitrogens with zero attached hydrogens (tertiary/aromatic N) is 3. The normalized spacial score (nSPS) is 17.6. The van der Waals surface area contributed by atoms with Crippen molar-refractivity contribution in [2.75, 3.05) is 26.3 Å². The molecule has 0 amide bonds. The van der Waals surface area contributed by atoms with Crippen LogP contribution < -0.4 is 0 Å². The van der Waals surface area contributed by atoms with Crippen LogP contribution in [0.3, 0.4) is 0 Å². The molecule has 1 aliphatic rings. The van der Waals surface area contributed by atoms with Crippen molar-refractivity contribution in [1.29, 1.82) is 0 Å². The summed E-state index contributed by atoms with van der Waals surface area (Å²) >= 11 is 0. The van der Waals surface area contributed by atoms with Gasteiger partial charge in [-0.1, -0.05) is 6.07 Å². The molecule has 4 nitrogen and oxygen atoms in total. The molecular weight excluding hydrogens is 178 g/mol. The third-order valence-electron chi connectivity index (χ3n) is 2.03. The Morgan fingerprint density at radius 3 is 2.93 bits per heavy atom. The third kappa shape index (κ3) is 2.53. The van der Waals surface area contributed by atoms with Crippen LogP contribution in [0.1, 0.15) is 5.69 Å². The first kappa shape index (κ1) is 9.15. The van der Waals surface area contributed by atoms with Gasteiger partial charge in [0.15, 0.2) is 0 Å². The molecule has 1 saturated heterocycles. The Morgan fingerprint density at radius 2 is 2.21 bits per heavy atom. The van der Waals surface area contributed by atoms with E-state index in [1.165, 1.54) is 0 Å². The van der Waals surface area contributed by atoms with Gasteiger partial charge in [0, 0.05) is 6.20 Å². The Bertz CT molecular complexity index is 293. The van der Waals surface area contributed by atoms with Crippen molar-refractivity contribution in [2.45, 2.75) is 0 Å². The average Bonchev–Trinajstić information content (AvgIpc) is 2.29. The van der Waals surface area contributed by atoms with E-state index in [1.807, 2.05) is 23.2 Å². The first-order valence-electron chi connectivity index (χ1n) is 4.73. The van der Waals surface area contributed by atoms with Crippen molar-refractivity contribution < 1.29 is 4.74 Å². The Labute approximate surface area is 83.2 Å². The van der Waals surface area contributed by atoms with Gasteiger partial charge in [0.25, 0.3) is 0 Å². The highest BCUT2D eigenvalue weighted by Crippen LogP contribution is 1.97. The molecule has 2 heterocycles. The monoisotopic (exact) mass is 191 g/mol.